The van der Waals surface area contributed by atoms with E-state index in [2.05, 4.69) is 9.81 Å². The van der Waals surface area contributed by atoms with Crippen LogP contribution in [0.15, 0.2) is 40.4 Å². The smallest absolute Gasteiger partial charge is 0.616 e. The maximum absolute atomic E-state index is 14.7. The molecule has 2 aromatic rings. The number of pyridine rings is 1. The first-order valence-corrected chi connectivity index (χ1v) is 10.4. The molecule has 0 aliphatic carbocycles. The first-order valence-electron chi connectivity index (χ1n) is 8.86. The Hall–Kier alpha value is -2.61. The molecule has 0 aliphatic heterocycles. The van der Waals surface area contributed by atoms with Crippen LogP contribution in [-0.2, 0) is 22.4 Å². The van der Waals surface area contributed by atoms with Gasteiger partial charge in [-0.25, -0.2) is 8.78 Å². The van der Waals surface area contributed by atoms with Crippen molar-refractivity contribution in [3.05, 3.63) is 52.5 Å². The largest absolute Gasteiger partial charge is 0.708 e. The van der Waals surface area contributed by atoms with Crippen LogP contribution in [0.3, 0.4) is 0 Å². The molecule has 1 aromatic heterocycles. The lowest BCUT2D eigenvalue weighted by atomic mass is 10.0. The lowest BCUT2D eigenvalue weighted by molar-refractivity contribution is 0.246. The number of hydrogen-bond acceptors (Lipinski definition) is 8. The molecule has 0 amide bonds. The van der Waals surface area contributed by atoms with Crippen molar-refractivity contribution in [3.63, 3.8) is 0 Å². The number of halogens is 2. The molecule has 2 rings (SSSR count). The third-order valence-corrected chi connectivity index (χ3v) is 6.42. The van der Waals surface area contributed by atoms with Crippen molar-refractivity contribution < 1.29 is 38.0 Å². The zero-order valence-electron chi connectivity index (χ0n) is 16.9. The van der Waals surface area contributed by atoms with Crippen molar-refractivity contribution in [3.8, 4) is 16.9 Å². The monoisotopic (exact) mass is 458 g/mol. The maximum atomic E-state index is 14.7. The minimum atomic E-state index is -2.33. The van der Waals surface area contributed by atoms with E-state index in [1.165, 1.54) is 32.4 Å². The van der Waals surface area contributed by atoms with Crippen molar-refractivity contribution in [2.24, 2.45) is 5.16 Å². The number of nitrogens with zero attached hydrogens (tertiary/aromatic N) is 2. The van der Waals surface area contributed by atoms with Crippen LogP contribution >= 0.6 is 0 Å². The second kappa shape index (κ2) is 10.1. The SMILES string of the molecule is COc1ccc(-c2cc(=O)n(CCC(C)(/C(=N/O)OB(O)O)[S+](C)[O-])cc2F)c(F)c1. The van der Waals surface area contributed by atoms with Gasteiger partial charge in [-0.2, -0.15) is 0 Å². The van der Waals surface area contributed by atoms with Crippen molar-refractivity contribution in [2.45, 2.75) is 24.6 Å². The average molecular weight is 458 g/mol. The highest BCUT2D eigenvalue weighted by molar-refractivity contribution is 7.92. The van der Waals surface area contributed by atoms with E-state index in [0.29, 0.717) is 0 Å². The van der Waals surface area contributed by atoms with Crippen molar-refractivity contribution >= 4 is 24.4 Å². The molecule has 13 heteroatoms. The predicted octanol–water partition coefficient (Wildman–Crippen LogP) is 1.10. The molecule has 168 valence electrons. The minimum absolute atomic E-state index is 0.123. The topological polar surface area (TPSA) is 137 Å². The van der Waals surface area contributed by atoms with Gasteiger partial charge in [0.15, 0.2) is 4.75 Å². The fourth-order valence-corrected chi connectivity index (χ4v) is 3.54. The van der Waals surface area contributed by atoms with E-state index in [-0.39, 0.29) is 29.8 Å². The van der Waals surface area contributed by atoms with Crippen LogP contribution in [-0.4, -0.2) is 55.7 Å². The Morgan fingerprint density at radius 1 is 1.29 bits per heavy atom. The van der Waals surface area contributed by atoms with E-state index in [1.54, 1.807) is 0 Å². The predicted molar refractivity (Wildman–Crippen MR) is 110 cm³/mol. The summed E-state index contributed by atoms with van der Waals surface area (Å²) in [5.41, 5.74) is -1.03. The van der Waals surface area contributed by atoms with E-state index in [4.69, 9.17) is 20.0 Å². The molecule has 0 bridgehead atoms. The number of aromatic nitrogens is 1. The lowest BCUT2D eigenvalue weighted by Crippen LogP contribution is -2.47. The Morgan fingerprint density at radius 3 is 2.48 bits per heavy atom. The number of methoxy groups -OCH3 is 1. The van der Waals surface area contributed by atoms with Gasteiger partial charge < -0.3 is 33.8 Å². The van der Waals surface area contributed by atoms with Gasteiger partial charge in [-0.05, 0) is 30.2 Å². The zero-order valence-corrected chi connectivity index (χ0v) is 17.7. The highest BCUT2D eigenvalue weighted by atomic mass is 32.2. The summed E-state index contributed by atoms with van der Waals surface area (Å²) >= 11 is -1.75. The number of rotatable bonds is 8. The maximum Gasteiger partial charge on any atom is 0.708 e. The average Bonchev–Trinajstić information content (AvgIpc) is 2.71. The third-order valence-electron chi connectivity index (χ3n) is 4.77. The van der Waals surface area contributed by atoms with E-state index < -0.39 is 46.3 Å². The summed E-state index contributed by atoms with van der Waals surface area (Å²) in [5.74, 6) is -2.04. The number of aryl methyl sites for hydroxylation is 1. The molecule has 1 heterocycles. The molecule has 0 saturated carbocycles. The summed E-state index contributed by atoms with van der Waals surface area (Å²) in [6.45, 7) is 1.16. The molecule has 9 nitrogen and oxygen atoms in total. The molecule has 31 heavy (non-hydrogen) atoms. The molecule has 1 aromatic carbocycles. The summed E-state index contributed by atoms with van der Waals surface area (Å²) < 4.78 is 50.1. The van der Waals surface area contributed by atoms with Gasteiger partial charge in [0.05, 0.1) is 13.4 Å². The Bertz CT molecular complexity index is 1020. The Morgan fingerprint density at radius 2 is 1.97 bits per heavy atom. The Balaban J connectivity index is 2.34. The van der Waals surface area contributed by atoms with Crippen LogP contribution in [0.25, 0.3) is 11.1 Å². The minimum Gasteiger partial charge on any atom is -0.616 e. The lowest BCUT2D eigenvalue weighted by Gasteiger charge is -2.30. The molecule has 0 aliphatic rings. The summed E-state index contributed by atoms with van der Waals surface area (Å²) in [6.07, 6.45) is 1.98. The first-order chi connectivity index (χ1) is 14.5. The van der Waals surface area contributed by atoms with E-state index >= 15 is 0 Å². The molecular weight excluding hydrogens is 437 g/mol. The van der Waals surface area contributed by atoms with Crippen LogP contribution in [0, 0.1) is 11.6 Å². The summed E-state index contributed by atoms with van der Waals surface area (Å²) in [7, 11) is -0.973. The van der Waals surface area contributed by atoms with Gasteiger partial charge in [-0.3, -0.25) is 4.79 Å². The van der Waals surface area contributed by atoms with Crippen LogP contribution in [0.2, 0.25) is 0 Å². The van der Waals surface area contributed by atoms with Gasteiger partial charge in [0.2, 0.25) is 0 Å². The fraction of sp³-hybridized carbons (Fsp3) is 0.333. The van der Waals surface area contributed by atoms with Crippen molar-refractivity contribution in [1.82, 2.24) is 4.57 Å². The van der Waals surface area contributed by atoms with Crippen molar-refractivity contribution in [1.29, 1.82) is 0 Å². The molecule has 2 atom stereocenters. The molecule has 0 spiro atoms. The number of hydrogen-bond donors (Lipinski definition) is 3. The molecule has 0 radical (unpaired) electrons. The Kier molecular flexibility index (Phi) is 8.06. The summed E-state index contributed by atoms with van der Waals surface area (Å²) in [4.78, 5) is 12.5. The van der Waals surface area contributed by atoms with E-state index in [0.717, 1.165) is 22.9 Å². The van der Waals surface area contributed by atoms with E-state index in [1.807, 2.05) is 0 Å². The second-order valence-corrected chi connectivity index (χ2v) is 8.51. The fourth-order valence-electron chi connectivity index (χ4n) is 2.83. The van der Waals surface area contributed by atoms with Gasteiger partial charge in [-0.1, -0.05) is 5.16 Å². The van der Waals surface area contributed by atoms with Crippen molar-refractivity contribution in [2.75, 3.05) is 13.4 Å². The molecule has 0 fully saturated rings. The molecular formula is C18H21BF2N2O7S. The third kappa shape index (κ3) is 5.56. The quantitative estimate of drug-likeness (QED) is 0.135. The molecule has 0 saturated heterocycles. The number of ether oxygens (including phenoxy) is 1. The van der Waals surface area contributed by atoms with Gasteiger partial charge in [0.1, 0.15) is 17.4 Å². The van der Waals surface area contributed by atoms with Gasteiger partial charge in [-0.15, -0.1) is 0 Å². The zero-order chi connectivity index (χ0) is 23.3. The standard InChI is InChI=1S/C18H21BF2N2O7S/c1-18(31(3)28,17(22-27)30-19(25)26)6-7-23-10-15(21)13(9-16(23)24)12-5-4-11(29-2)8-14(12)20/h4-5,8-10,25-27H,6-7H2,1-3H3/b22-17-. The Labute approximate surface area is 179 Å². The highest BCUT2D eigenvalue weighted by Crippen LogP contribution is 2.28. The van der Waals surface area contributed by atoms with Crippen LogP contribution < -0.4 is 10.3 Å². The van der Waals surface area contributed by atoms with Gasteiger partial charge in [0, 0.05) is 42.4 Å². The van der Waals surface area contributed by atoms with Crippen LogP contribution in [0.4, 0.5) is 8.78 Å². The summed E-state index contributed by atoms with van der Waals surface area (Å²) in [5, 5.41) is 29.8. The van der Waals surface area contributed by atoms with E-state index in [9.17, 15) is 18.1 Å². The number of oxime groups is 1. The molecule has 3 N–H and O–H groups in total. The van der Waals surface area contributed by atoms with Gasteiger partial charge in [0.25, 0.3) is 11.5 Å². The van der Waals surface area contributed by atoms with Gasteiger partial charge >= 0.3 is 7.32 Å². The first kappa shape index (κ1) is 24.7. The summed E-state index contributed by atoms with van der Waals surface area (Å²) in [6, 6.07) is 4.70. The highest BCUT2D eigenvalue weighted by Gasteiger charge is 2.44. The second-order valence-electron chi connectivity index (χ2n) is 6.70. The normalized spacial score (nSPS) is 14.6. The van der Waals surface area contributed by atoms with Crippen LogP contribution in [0.5, 0.6) is 5.75 Å². The van der Waals surface area contributed by atoms with Crippen LogP contribution in [0.1, 0.15) is 13.3 Å². The molecule has 2 unspecified atom stereocenters. The number of benzene rings is 1.